The Hall–Kier alpha value is -2.35. The lowest BCUT2D eigenvalue weighted by atomic mass is 9.98. The Morgan fingerprint density at radius 1 is 0.909 bits per heavy atom. The van der Waals surface area contributed by atoms with Gasteiger partial charge in [-0.25, -0.2) is 0 Å². The average Bonchev–Trinajstić information content (AvgIpc) is 2.57. The van der Waals surface area contributed by atoms with Crippen LogP contribution in [0.1, 0.15) is 24.0 Å². The molecule has 2 nitrogen and oxygen atoms in total. The summed E-state index contributed by atoms with van der Waals surface area (Å²) in [6.07, 6.45) is 6.69. The summed E-state index contributed by atoms with van der Waals surface area (Å²) in [5.74, 6) is 0.133. The van der Waals surface area contributed by atoms with Gasteiger partial charge in [-0.3, -0.25) is 4.79 Å². The third kappa shape index (κ3) is 3.64. The lowest BCUT2D eigenvalue weighted by Gasteiger charge is -2.33. The molecule has 1 aliphatic rings. The molecule has 0 fully saturated rings. The highest BCUT2D eigenvalue weighted by Crippen LogP contribution is 2.20. The molecule has 1 aliphatic heterocycles. The first-order chi connectivity index (χ1) is 10.8. The van der Waals surface area contributed by atoms with Crippen LogP contribution >= 0.6 is 0 Å². The Labute approximate surface area is 132 Å². The first-order valence-electron chi connectivity index (χ1n) is 7.88. The fourth-order valence-electron chi connectivity index (χ4n) is 2.97. The van der Waals surface area contributed by atoms with Crippen molar-refractivity contribution in [3.8, 4) is 0 Å². The van der Waals surface area contributed by atoms with E-state index in [0.717, 1.165) is 19.3 Å². The summed E-state index contributed by atoms with van der Waals surface area (Å²) in [5.41, 5.74) is 2.53. The minimum absolute atomic E-state index is 0.133. The summed E-state index contributed by atoms with van der Waals surface area (Å²) in [5, 5.41) is 0. The van der Waals surface area contributed by atoms with Crippen molar-refractivity contribution in [1.82, 2.24) is 4.90 Å². The molecule has 1 heterocycles. The van der Waals surface area contributed by atoms with Gasteiger partial charge >= 0.3 is 0 Å². The molecule has 0 N–H and O–H groups in total. The van der Waals surface area contributed by atoms with E-state index < -0.39 is 0 Å². The van der Waals surface area contributed by atoms with E-state index in [4.69, 9.17) is 0 Å². The van der Waals surface area contributed by atoms with Gasteiger partial charge in [-0.15, -0.1) is 0 Å². The smallest absolute Gasteiger partial charge is 0.246 e. The SMILES string of the molecule is O=C1C=CCC(CCc2ccccc2)N1Cc1ccccc1. The summed E-state index contributed by atoms with van der Waals surface area (Å²) in [4.78, 5) is 14.3. The van der Waals surface area contributed by atoms with Crippen molar-refractivity contribution >= 4 is 5.91 Å². The van der Waals surface area contributed by atoms with Crippen LogP contribution in [-0.2, 0) is 17.8 Å². The molecule has 2 aromatic rings. The van der Waals surface area contributed by atoms with Gasteiger partial charge in [-0.05, 0) is 36.5 Å². The number of rotatable bonds is 5. The minimum atomic E-state index is 0.133. The average molecular weight is 291 g/mol. The van der Waals surface area contributed by atoms with Gasteiger partial charge in [0.05, 0.1) is 0 Å². The van der Waals surface area contributed by atoms with Crippen LogP contribution in [0.5, 0.6) is 0 Å². The molecule has 1 atom stereocenters. The normalized spacial score (nSPS) is 17.7. The first-order valence-corrected chi connectivity index (χ1v) is 7.88. The Morgan fingerprint density at radius 3 is 2.23 bits per heavy atom. The Kier molecular flexibility index (Phi) is 4.69. The van der Waals surface area contributed by atoms with Crippen LogP contribution in [0.15, 0.2) is 72.8 Å². The summed E-state index contributed by atoms with van der Waals surface area (Å²) < 4.78 is 0. The number of hydrogen-bond donors (Lipinski definition) is 0. The van der Waals surface area contributed by atoms with Gasteiger partial charge in [0, 0.05) is 12.6 Å². The van der Waals surface area contributed by atoms with Crippen molar-refractivity contribution in [2.24, 2.45) is 0 Å². The molecule has 0 saturated carbocycles. The number of amides is 1. The first kappa shape index (κ1) is 14.6. The largest absolute Gasteiger partial charge is 0.332 e. The van der Waals surface area contributed by atoms with Crippen molar-refractivity contribution in [2.75, 3.05) is 0 Å². The standard InChI is InChI=1S/C20H21NO/c22-20-13-7-12-19(15-14-17-8-3-1-4-9-17)21(20)16-18-10-5-2-6-11-18/h1-11,13,19H,12,14-16H2. The molecule has 0 radical (unpaired) electrons. The fraction of sp³-hybridized carbons (Fsp3) is 0.250. The number of carbonyl (C=O) groups excluding carboxylic acids is 1. The van der Waals surface area contributed by atoms with E-state index >= 15 is 0 Å². The van der Waals surface area contributed by atoms with Crippen LogP contribution in [0.2, 0.25) is 0 Å². The molecule has 22 heavy (non-hydrogen) atoms. The van der Waals surface area contributed by atoms with E-state index in [2.05, 4.69) is 36.4 Å². The molecule has 0 spiro atoms. The highest BCUT2D eigenvalue weighted by atomic mass is 16.2. The lowest BCUT2D eigenvalue weighted by Crippen LogP contribution is -2.41. The molecule has 0 aromatic heterocycles. The molecule has 0 saturated heterocycles. The van der Waals surface area contributed by atoms with Crippen molar-refractivity contribution in [2.45, 2.75) is 31.8 Å². The minimum Gasteiger partial charge on any atom is -0.332 e. The number of aryl methyl sites for hydroxylation is 1. The maximum Gasteiger partial charge on any atom is 0.246 e. The number of carbonyl (C=O) groups is 1. The number of nitrogens with zero attached hydrogens (tertiary/aromatic N) is 1. The van der Waals surface area contributed by atoms with Gasteiger partial charge in [-0.1, -0.05) is 66.7 Å². The third-order valence-corrected chi connectivity index (χ3v) is 4.20. The summed E-state index contributed by atoms with van der Waals surface area (Å²) in [6, 6.07) is 21.0. The van der Waals surface area contributed by atoms with Gasteiger partial charge < -0.3 is 4.90 Å². The van der Waals surface area contributed by atoms with Gasteiger partial charge in [-0.2, -0.15) is 0 Å². The van der Waals surface area contributed by atoms with Crippen molar-refractivity contribution in [3.63, 3.8) is 0 Å². The molecule has 3 rings (SSSR count). The third-order valence-electron chi connectivity index (χ3n) is 4.20. The predicted molar refractivity (Wildman–Crippen MR) is 89.3 cm³/mol. The van der Waals surface area contributed by atoms with Crippen LogP contribution in [-0.4, -0.2) is 16.8 Å². The van der Waals surface area contributed by atoms with Crippen molar-refractivity contribution in [1.29, 1.82) is 0 Å². The predicted octanol–water partition coefficient (Wildman–Crippen LogP) is 3.98. The van der Waals surface area contributed by atoms with Gasteiger partial charge in [0.15, 0.2) is 0 Å². The molecule has 2 heteroatoms. The zero-order chi connectivity index (χ0) is 15.2. The highest BCUT2D eigenvalue weighted by molar-refractivity contribution is 5.88. The number of hydrogen-bond acceptors (Lipinski definition) is 1. The molecule has 1 amide bonds. The summed E-state index contributed by atoms with van der Waals surface area (Å²) in [7, 11) is 0. The molecule has 0 bridgehead atoms. The second-order valence-corrected chi connectivity index (χ2v) is 5.77. The Bertz CT molecular complexity index is 633. The van der Waals surface area contributed by atoms with E-state index in [1.54, 1.807) is 6.08 Å². The van der Waals surface area contributed by atoms with Crippen LogP contribution < -0.4 is 0 Å². The van der Waals surface area contributed by atoms with E-state index in [1.165, 1.54) is 11.1 Å². The zero-order valence-electron chi connectivity index (χ0n) is 12.7. The molecule has 1 unspecified atom stereocenters. The van der Waals surface area contributed by atoms with Gasteiger partial charge in [0.25, 0.3) is 0 Å². The maximum absolute atomic E-state index is 12.3. The summed E-state index contributed by atoms with van der Waals surface area (Å²) in [6.45, 7) is 0.698. The second kappa shape index (κ2) is 7.08. The molecular weight excluding hydrogens is 270 g/mol. The van der Waals surface area contributed by atoms with Gasteiger partial charge in [0.2, 0.25) is 5.91 Å². The van der Waals surface area contributed by atoms with E-state index in [0.29, 0.717) is 6.54 Å². The van der Waals surface area contributed by atoms with Gasteiger partial charge in [0.1, 0.15) is 0 Å². The van der Waals surface area contributed by atoms with E-state index in [9.17, 15) is 4.79 Å². The topological polar surface area (TPSA) is 20.3 Å². The fourth-order valence-corrected chi connectivity index (χ4v) is 2.97. The quantitative estimate of drug-likeness (QED) is 0.816. The van der Waals surface area contributed by atoms with Crippen LogP contribution in [0, 0.1) is 0 Å². The van der Waals surface area contributed by atoms with Crippen LogP contribution in [0.3, 0.4) is 0 Å². The van der Waals surface area contributed by atoms with Crippen molar-refractivity contribution < 1.29 is 4.79 Å². The zero-order valence-corrected chi connectivity index (χ0v) is 12.7. The molecule has 112 valence electrons. The monoisotopic (exact) mass is 291 g/mol. The van der Waals surface area contributed by atoms with Crippen LogP contribution in [0.4, 0.5) is 0 Å². The maximum atomic E-state index is 12.3. The summed E-state index contributed by atoms with van der Waals surface area (Å²) >= 11 is 0. The molecule has 0 aliphatic carbocycles. The number of benzene rings is 2. The van der Waals surface area contributed by atoms with E-state index in [-0.39, 0.29) is 11.9 Å². The highest BCUT2D eigenvalue weighted by Gasteiger charge is 2.24. The Balaban J connectivity index is 1.68. The lowest BCUT2D eigenvalue weighted by molar-refractivity contribution is -0.129. The van der Waals surface area contributed by atoms with E-state index in [1.807, 2.05) is 35.2 Å². The molecular formula is C20H21NO. The Morgan fingerprint density at radius 2 is 1.55 bits per heavy atom. The van der Waals surface area contributed by atoms with Crippen LogP contribution in [0.25, 0.3) is 0 Å². The molecule has 2 aromatic carbocycles. The second-order valence-electron chi connectivity index (χ2n) is 5.77. The van der Waals surface area contributed by atoms with Crippen molar-refractivity contribution in [3.05, 3.63) is 83.9 Å².